The molecule has 0 aliphatic rings. The fourth-order valence-corrected chi connectivity index (χ4v) is 1.22. The van der Waals surface area contributed by atoms with Crippen LogP contribution < -0.4 is 11.1 Å². The van der Waals surface area contributed by atoms with Gasteiger partial charge in [0.25, 0.3) is 0 Å². The van der Waals surface area contributed by atoms with Crippen molar-refractivity contribution in [2.75, 3.05) is 13.2 Å². The first-order chi connectivity index (χ1) is 7.76. The van der Waals surface area contributed by atoms with Crippen LogP contribution in [0.4, 0.5) is 13.2 Å². The molecule has 0 aliphatic carbocycles. The minimum absolute atomic E-state index is 0.150. The van der Waals surface area contributed by atoms with Crippen molar-refractivity contribution < 1.29 is 22.7 Å². The standard InChI is InChI=1S/C9H15F3N2O2S/c1-2-6(8(13)17)14-7(15)3-4-16-5-9(10,11)12/h6H,2-5H2,1H3,(H2,13,17)(H,14,15). The van der Waals surface area contributed by atoms with Crippen LogP contribution in [0.1, 0.15) is 19.8 Å². The van der Waals surface area contributed by atoms with E-state index >= 15 is 0 Å². The molecule has 0 rings (SSSR count). The maximum atomic E-state index is 11.7. The number of rotatable bonds is 7. The summed E-state index contributed by atoms with van der Waals surface area (Å²) in [5.74, 6) is -0.438. The van der Waals surface area contributed by atoms with Crippen LogP contribution in [0.5, 0.6) is 0 Å². The molecule has 0 bridgehead atoms. The second-order valence-electron chi connectivity index (χ2n) is 3.35. The van der Waals surface area contributed by atoms with E-state index in [0.29, 0.717) is 6.42 Å². The molecule has 0 heterocycles. The molecule has 0 radical (unpaired) electrons. The molecule has 0 fully saturated rings. The van der Waals surface area contributed by atoms with Gasteiger partial charge in [-0.15, -0.1) is 0 Å². The number of halogens is 3. The molecule has 0 aromatic heterocycles. The Morgan fingerprint density at radius 2 is 2.12 bits per heavy atom. The molecule has 8 heteroatoms. The maximum Gasteiger partial charge on any atom is 0.411 e. The van der Waals surface area contributed by atoms with Crippen molar-refractivity contribution in [2.24, 2.45) is 5.73 Å². The lowest BCUT2D eigenvalue weighted by molar-refractivity contribution is -0.174. The van der Waals surface area contributed by atoms with Gasteiger partial charge in [-0.05, 0) is 6.42 Å². The van der Waals surface area contributed by atoms with E-state index in [1.54, 1.807) is 6.92 Å². The highest BCUT2D eigenvalue weighted by molar-refractivity contribution is 7.80. The van der Waals surface area contributed by atoms with Crippen LogP contribution in [0.3, 0.4) is 0 Å². The summed E-state index contributed by atoms with van der Waals surface area (Å²) in [5.41, 5.74) is 5.34. The second kappa shape index (κ2) is 7.44. The highest BCUT2D eigenvalue weighted by Gasteiger charge is 2.27. The summed E-state index contributed by atoms with van der Waals surface area (Å²) in [5, 5.41) is 2.50. The van der Waals surface area contributed by atoms with Crippen LogP contribution in [-0.4, -0.2) is 36.3 Å². The number of amides is 1. The van der Waals surface area contributed by atoms with Crippen molar-refractivity contribution in [3.63, 3.8) is 0 Å². The fourth-order valence-electron chi connectivity index (χ4n) is 0.994. The summed E-state index contributed by atoms with van der Waals surface area (Å²) in [7, 11) is 0. The summed E-state index contributed by atoms with van der Waals surface area (Å²) < 4.78 is 39.4. The molecule has 100 valence electrons. The van der Waals surface area contributed by atoms with Gasteiger partial charge in [0, 0.05) is 6.42 Å². The normalized spacial score (nSPS) is 13.2. The molecular weight excluding hydrogens is 257 g/mol. The van der Waals surface area contributed by atoms with Crippen molar-refractivity contribution in [3.05, 3.63) is 0 Å². The van der Waals surface area contributed by atoms with Gasteiger partial charge in [0.1, 0.15) is 6.61 Å². The van der Waals surface area contributed by atoms with Gasteiger partial charge in [-0.3, -0.25) is 4.79 Å². The van der Waals surface area contributed by atoms with Gasteiger partial charge in [0.2, 0.25) is 5.91 Å². The Morgan fingerprint density at radius 3 is 2.53 bits per heavy atom. The first kappa shape index (κ1) is 16.1. The monoisotopic (exact) mass is 272 g/mol. The number of hydrogen-bond acceptors (Lipinski definition) is 3. The molecule has 0 saturated heterocycles. The molecule has 1 amide bonds. The van der Waals surface area contributed by atoms with Crippen molar-refractivity contribution in [2.45, 2.75) is 32.0 Å². The van der Waals surface area contributed by atoms with Gasteiger partial charge in [-0.25, -0.2) is 0 Å². The third-order valence-corrected chi connectivity index (χ3v) is 2.11. The topological polar surface area (TPSA) is 64.3 Å². The number of alkyl halides is 3. The minimum atomic E-state index is -4.37. The molecule has 1 atom stereocenters. The number of carbonyl (C=O) groups is 1. The Morgan fingerprint density at radius 1 is 1.53 bits per heavy atom. The van der Waals surface area contributed by atoms with E-state index in [2.05, 4.69) is 10.1 Å². The quantitative estimate of drug-likeness (QED) is 0.539. The minimum Gasteiger partial charge on any atom is -0.392 e. The Labute approximate surface area is 103 Å². The zero-order valence-electron chi connectivity index (χ0n) is 9.34. The van der Waals surface area contributed by atoms with Crippen molar-refractivity contribution in [1.82, 2.24) is 5.32 Å². The van der Waals surface area contributed by atoms with E-state index in [4.69, 9.17) is 18.0 Å². The van der Waals surface area contributed by atoms with Gasteiger partial charge in [-0.2, -0.15) is 13.2 Å². The largest absolute Gasteiger partial charge is 0.411 e. The lowest BCUT2D eigenvalue weighted by atomic mass is 10.2. The highest BCUT2D eigenvalue weighted by Crippen LogP contribution is 2.14. The van der Waals surface area contributed by atoms with E-state index in [-0.39, 0.29) is 18.0 Å². The molecule has 0 spiro atoms. The average Bonchev–Trinajstić information content (AvgIpc) is 2.19. The molecule has 1 unspecified atom stereocenters. The highest BCUT2D eigenvalue weighted by atomic mass is 32.1. The van der Waals surface area contributed by atoms with Gasteiger partial charge in [0.15, 0.2) is 0 Å². The van der Waals surface area contributed by atoms with Crippen LogP contribution in [0.25, 0.3) is 0 Å². The fraction of sp³-hybridized carbons (Fsp3) is 0.778. The lowest BCUT2D eigenvalue weighted by Gasteiger charge is -2.15. The summed E-state index contributed by atoms with van der Waals surface area (Å²) in [6.07, 6.45) is -4.00. The smallest absolute Gasteiger partial charge is 0.392 e. The van der Waals surface area contributed by atoms with E-state index in [1.807, 2.05) is 0 Å². The first-order valence-electron chi connectivity index (χ1n) is 4.99. The maximum absolute atomic E-state index is 11.7. The van der Waals surface area contributed by atoms with E-state index in [1.165, 1.54) is 0 Å². The molecule has 0 aromatic carbocycles. The number of thiocarbonyl (C=S) groups is 1. The Balaban J connectivity index is 3.77. The third-order valence-electron chi connectivity index (χ3n) is 1.83. The Hall–Kier alpha value is -0.890. The van der Waals surface area contributed by atoms with Gasteiger partial charge in [0.05, 0.1) is 17.6 Å². The van der Waals surface area contributed by atoms with Crippen molar-refractivity contribution >= 4 is 23.1 Å². The average molecular weight is 272 g/mol. The van der Waals surface area contributed by atoms with Crippen LogP contribution in [0.2, 0.25) is 0 Å². The Kier molecular flexibility index (Phi) is 7.05. The summed E-state index contributed by atoms with van der Waals surface area (Å²) >= 11 is 4.70. The molecule has 0 aromatic rings. The zero-order chi connectivity index (χ0) is 13.5. The van der Waals surface area contributed by atoms with E-state index in [9.17, 15) is 18.0 Å². The lowest BCUT2D eigenvalue weighted by Crippen LogP contribution is -2.43. The number of nitrogens with one attached hydrogen (secondary N) is 1. The van der Waals surface area contributed by atoms with E-state index in [0.717, 1.165) is 0 Å². The Bertz CT molecular complexity index is 271. The number of carbonyl (C=O) groups excluding carboxylic acids is 1. The zero-order valence-corrected chi connectivity index (χ0v) is 10.2. The molecule has 3 N–H and O–H groups in total. The number of hydrogen-bond donors (Lipinski definition) is 2. The van der Waals surface area contributed by atoms with Gasteiger partial charge >= 0.3 is 6.18 Å². The number of nitrogens with two attached hydrogens (primary N) is 1. The van der Waals surface area contributed by atoms with Gasteiger partial charge < -0.3 is 15.8 Å². The van der Waals surface area contributed by atoms with E-state index < -0.39 is 24.7 Å². The molecule has 4 nitrogen and oxygen atoms in total. The third kappa shape index (κ3) is 8.87. The SMILES string of the molecule is CCC(NC(=O)CCOCC(F)(F)F)C(N)=S. The molecule has 0 aliphatic heterocycles. The summed E-state index contributed by atoms with van der Waals surface area (Å²) in [4.78, 5) is 11.4. The first-order valence-corrected chi connectivity index (χ1v) is 5.40. The van der Waals surface area contributed by atoms with Crippen LogP contribution in [-0.2, 0) is 9.53 Å². The summed E-state index contributed by atoms with van der Waals surface area (Å²) in [6.45, 7) is 0.135. The molecule has 0 saturated carbocycles. The predicted octanol–water partition coefficient (Wildman–Crippen LogP) is 1.14. The van der Waals surface area contributed by atoms with Crippen LogP contribution in [0.15, 0.2) is 0 Å². The van der Waals surface area contributed by atoms with Crippen LogP contribution >= 0.6 is 12.2 Å². The number of ether oxygens (including phenoxy) is 1. The summed E-state index contributed by atoms with van der Waals surface area (Å²) in [6, 6.07) is -0.430. The van der Waals surface area contributed by atoms with Crippen molar-refractivity contribution in [3.8, 4) is 0 Å². The molecular formula is C9H15F3N2O2S. The van der Waals surface area contributed by atoms with Crippen LogP contribution in [0, 0.1) is 0 Å². The predicted molar refractivity (Wildman–Crippen MR) is 60.5 cm³/mol. The van der Waals surface area contributed by atoms with Gasteiger partial charge in [-0.1, -0.05) is 19.1 Å². The second-order valence-corrected chi connectivity index (χ2v) is 3.82. The molecule has 17 heavy (non-hydrogen) atoms. The van der Waals surface area contributed by atoms with Crippen molar-refractivity contribution in [1.29, 1.82) is 0 Å².